The van der Waals surface area contributed by atoms with Gasteiger partial charge in [-0.3, -0.25) is 14.5 Å². The first-order valence-corrected chi connectivity index (χ1v) is 11.5. The quantitative estimate of drug-likeness (QED) is 0.349. The fourth-order valence-electron chi connectivity index (χ4n) is 4.17. The standard InChI is InChI=1S/C24H25Cl2N3O3/c1-4-32-23(31)20-21(16-10-9-15(25)13-17(16)26)29-19-8-6-5-7-18(19)27-24(29)28(22(20)30)12-11-14(2)3/h5-10,13-14,20-21H,4,11-12H2,1-3H3/t20-,21+/m1/s1. The summed E-state index contributed by atoms with van der Waals surface area (Å²) in [7, 11) is 0. The van der Waals surface area contributed by atoms with E-state index in [0.717, 1.165) is 17.5 Å². The summed E-state index contributed by atoms with van der Waals surface area (Å²) in [5.74, 6) is -1.11. The molecule has 0 aliphatic carbocycles. The molecule has 0 bridgehead atoms. The number of halogens is 2. The number of aromatic nitrogens is 2. The molecule has 1 aromatic heterocycles. The number of anilines is 1. The van der Waals surface area contributed by atoms with E-state index >= 15 is 0 Å². The van der Waals surface area contributed by atoms with Crippen LogP contribution in [-0.4, -0.2) is 34.6 Å². The molecule has 2 aromatic carbocycles. The summed E-state index contributed by atoms with van der Waals surface area (Å²) in [5, 5.41) is 0.854. The van der Waals surface area contributed by atoms with Gasteiger partial charge in [-0.05, 0) is 49.1 Å². The van der Waals surface area contributed by atoms with Crippen molar-refractivity contribution >= 4 is 52.1 Å². The molecule has 0 saturated heterocycles. The summed E-state index contributed by atoms with van der Waals surface area (Å²) in [4.78, 5) is 33.3. The van der Waals surface area contributed by atoms with Crippen LogP contribution in [0.3, 0.4) is 0 Å². The first-order valence-electron chi connectivity index (χ1n) is 10.7. The fourth-order valence-corrected chi connectivity index (χ4v) is 4.69. The first-order chi connectivity index (χ1) is 15.3. The second-order valence-electron chi connectivity index (χ2n) is 8.28. The van der Waals surface area contributed by atoms with Gasteiger partial charge in [0, 0.05) is 16.6 Å². The predicted octanol–water partition coefficient (Wildman–Crippen LogP) is 5.50. The van der Waals surface area contributed by atoms with E-state index in [0.29, 0.717) is 34.0 Å². The maximum atomic E-state index is 13.8. The minimum atomic E-state index is -1.09. The summed E-state index contributed by atoms with van der Waals surface area (Å²) < 4.78 is 7.29. The van der Waals surface area contributed by atoms with Crippen LogP contribution in [0.4, 0.5) is 5.95 Å². The molecule has 4 rings (SSSR count). The van der Waals surface area contributed by atoms with Crippen molar-refractivity contribution in [1.82, 2.24) is 9.55 Å². The molecule has 8 heteroatoms. The lowest BCUT2D eigenvalue weighted by atomic mass is 9.89. The maximum absolute atomic E-state index is 13.8. The van der Waals surface area contributed by atoms with Crippen LogP contribution in [0.2, 0.25) is 10.0 Å². The van der Waals surface area contributed by atoms with Crippen molar-refractivity contribution in [3.05, 3.63) is 58.1 Å². The van der Waals surface area contributed by atoms with Gasteiger partial charge in [0.25, 0.3) is 0 Å². The molecule has 0 radical (unpaired) electrons. The molecule has 0 N–H and O–H groups in total. The summed E-state index contributed by atoms with van der Waals surface area (Å²) in [6.45, 7) is 6.54. The molecule has 3 aromatic rings. The van der Waals surface area contributed by atoms with Gasteiger partial charge in [-0.25, -0.2) is 4.98 Å². The number of benzene rings is 2. The molecule has 1 aliphatic rings. The number of ether oxygens (including phenoxy) is 1. The summed E-state index contributed by atoms with van der Waals surface area (Å²) in [6, 6.07) is 12.0. The number of carbonyl (C=O) groups excluding carboxylic acids is 2. The Morgan fingerprint density at radius 1 is 1.19 bits per heavy atom. The van der Waals surface area contributed by atoms with Crippen LogP contribution >= 0.6 is 23.2 Å². The summed E-state index contributed by atoms with van der Waals surface area (Å²) in [5.41, 5.74) is 2.18. The fraction of sp³-hybridized carbons (Fsp3) is 0.375. The van der Waals surface area contributed by atoms with Crippen LogP contribution in [0, 0.1) is 11.8 Å². The highest BCUT2D eigenvalue weighted by Gasteiger charge is 2.48. The van der Waals surface area contributed by atoms with Crippen molar-refractivity contribution in [3.8, 4) is 0 Å². The Bertz CT molecular complexity index is 1170. The van der Waals surface area contributed by atoms with Gasteiger partial charge in [-0.1, -0.05) is 55.2 Å². The highest BCUT2D eigenvalue weighted by molar-refractivity contribution is 6.35. The van der Waals surface area contributed by atoms with Crippen LogP contribution in [0.15, 0.2) is 42.5 Å². The van der Waals surface area contributed by atoms with E-state index in [1.54, 1.807) is 30.0 Å². The molecular weight excluding hydrogens is 449 g/mol. The van der Waals surface area contributed by atoms with E-state index in [-0.39, 0.29) is 12.5 Å². The SMILES string of the molecule is CCOC(=O)[C@H]1C(=O)N(CCC(C)C)c2nc3ccccc3n2[C@H]1c1ccc(Cl)cc1Cl. The lowest BCUT2D eigenvalue weighted by Gasteiger charge is -2.38. The zero-order chi connectivity index (χ0) is 23.0. The van der Waals surface area contributed by atoms with Crippen molar-refractivity contribution in [2.75, 3.05) is 18.1 Å². The van der Waals surface area contributed by atoms with Crippen LogP contribution in [0.1, 0.15) is 38.8 Å². The monoisotopic (exact) mass is 473 g/mol. The van der Waals surface area contributed by atoms with Crippen molar-refractivity contribution in [1.29, 1.82) is 0 Å². The number of rotatable bonds is 6. The second kappa shape index (κ2) is 9.12. The lowest BCUT2D eigenvalue weighted by molar-refractivity contribution is -0.153. The predicted molar refractivity (Wildman–Crippen MR) is 126 cm³/mol. The van der Waals surface area contributed by atoms with E-state index in [4.69, 9.17) is 32.9 Å². The number of hydrogen-bond acceptors (Lipinski definition) is 4. The molecule has 0 saturated carbocycles. The Kier molecular flexibility index (Phi) is 6.45. The van der Waals surface area contributed by atoms with Gasteiger partial charge in [0.1, 0.15) is 0 Å². The molecule has 32 heavy (non-hydrogen) atoms. The van der Waals surface area contributed by atoms with E-state index in [1.807, 2.05) is 28.8 Å². The van der Waals surface area contributed by atoms with Crippen LogP contribution in [-0.2, 0) is 14.3 Å². The highest BCUT2D eigenvalue weighted by Crippen LogP contribution is 2.43. The van der Waals surface area contributed by atoms with E-state index in [9.17, 15) is 9.59 Å². The Labute approximate surface area is 197 Å². The number of imidazole rings is 1. The maximum Gasteiger partial charge on any atom is 0.321 e. The van der Waals surface area contributed by atoms with Crippen LogP contribution < -0.4 is 4.90 Å². The zero-order valence-electron chi connectivity index (χ0n) is 18.2. The number of esters is 1. The van der Waals surface area contributed by atoms with Gasteiger partial charge in [-0.15, -0.1) is 0 Å². The van der Waals surface area contributed by atoms with Gasteiger partial charge in [0.05, 0.1) is 23.7 Å². The van der Waals surface area contributed by atoms with Crippen molar-refractivity contribution in [2.24, 2.45) is 11.8 Å². The number of para-hydroxylation sites is 2. The Hall–Kier alpha value is -2.57. The number of nitrogens with zero attached hydrogens (tertiary/aromatic N) is 3. The molecule has 1 amide bonds. The van der Waals surface area contributed by atoms with Gasteiger partial charge >= 0.3 is 5.97 Å². The number of fused-ring (bicyclic) bond motifs is 3. The molecule has 6 nitrogen and oxygen atoms in total. The number of carbonyl (C=O) groups is 2. The minimum Gasteiger partial charge on any atom is -0.465 e. The average molecular weight is 474 g/mol. The van der Waals surface area contributed by atoms with Gasteiger partial charge < -0.3 is 9.30 Å². The Morgan fingerprint density at radius 2 is 1.94 bits per heavy atom. The lowest BCUT2D eigenvalue weighted by Crippen LogP contribution is -2.50. The van der Waals surface area contributed by atoms with Crippen LogP contribution in [0.5, 0.6) is 0 Å². The second-order valence-corrected chi connectivity index (χ2v) is 9.13. The molecule has 0 unspecified atom stereocenters. The number of hydrogen-bond donors (Lipinski definition) is 0. The summed E-state index contributed by atoms with van der Waals surface area (Å²) >= 11 is 12.7. The van der Waals surface area contributed by atoms with Gasteiger partial charge in [-0.2, -0.15) is 0 Å². The van der Waals surface area contributed by atoms with Crippen molar-refractivity contribution < 1.29 is 14.3 Å². The smallest absolute Gasteiger partial charge is 0.321 e. The van der Waals surface area contributed by atoms with Gasteiger partial charge in [0.15, 0.2) is 5.92 Å². The van der Waals surface area contributed by atoms with Gasteiger partial charge in [0.2, 0.25) is 11.9 Å². The third kappa shape index (κ3) is 3.97. The third-order valence-electron chi connectivity index (χ3n) is 5.70. The Morgan fingerprint density at radius 3 is 2.62 bits per heavy atom. The number of amides is 1. The third-order valence-corrected chi connectivity index (χ3v) is 6.26. The summed E-state index contributed by atoms with van der Waals surface area (Å²) in [6.07, 6.45) is 0.775. The molecular formula is C24H25Cl2N3O3. The Balaban J connectivity index is 1.99. The van der Waals surface area contributed by atoms with E-state index in [1.165, 1.54) is 0 Å². The topological polar surface area (TPSA) is 64.4 Å². The van der Waals surface area contributed by atoms with E-state index in [2.05, 4.69) is 13.8 Å². The molecule has 2 atom stereocenters. The molecule has 2 heterocycles. The zero-order valence-corrected chi connectivity index (χ0v) is 19.7. The molecule has 0 fully saturated rings. The first kappa shape index (κ1) is 22.6. The largest absolute Gasteiger partial charge is 0.465 e. The van der Waals surface area contributed by atoms with Crippen molar-refractivity contribution in [2.45, 2.75) is 33.2 Å². The molecule has 0 spiro atoms. The van der Waals surface area contributed by atoms with E-state index < -0.39 is 17.9 Å². The molecule has 168 valence electrons. The molecule has 1 aliphatic heterocycles. The van der Waals surface area contributed by atoms with Crippen LogP contribution in [0.25, 0.3) is 11.0 Å². The normalized spacial score (nSPS) is 18.3. The highest BCUT2D eigenvalue weighted by atomic mass is 35.5. The minimum absolute atomic E-state index is 0.174. The van der Waals surface area contributed by atoms with Crippen molar-refractivity contribution in [3.63, 3.8) is 0 Å². The average Bonchev–Trinajstić information content (AvgIpc) is 3.12.